The standard InChI is InChI=1S/C9H20N2O2.2ClH/c1-13-7-9(12)6-11-4-2-8(10)3-5-11;;/h8-9,12H,2-7,10H2,1H3;2*1H/t9-;;/m1../s1. The van der Waals surface area contributed by atoms with Crippen molar-refractivity contribution in [2.75, 3.05) is 33.4 Å². The Kier molecular flexibility index (Phi) is 11.4. The van der Waals surface area contributed by atoms with Gasteiger partial charge in [-0.2, -0.15) is 0 Å². The SMILES string of the molecule is COC[C@H](O)CN1CCC(N)CC1.Cl.Cl. The van der Waals surface area contributed by atoms with Gasteiger partial charge in [-0.25, -0.2) is 0 Å². The third kappa shape index (κ3) is 7.33. The highest BCUT2D eigenvalue weighted by Gasteiger charge is 2.18. The Bertz CT molecular complexity index is 144. The fourth-order valence-electron chi connectivity index (χ4n) is 1.68. The number of ether oxygens (including phenoxy) is 1. The van der Waals surface area contributed by atoms with Gasteiger partial charge in [-0.15, -0.1) is 24.8 Å². The minimum Gasteiger partial charge on any atom is -0.389 e. The van der Waals surface area contributed by atoms with E-state index in [9.17, 15) is 5.11 Å². The van der Waals surface area contributed by atoms with Crippen LogP contribution in [-0.2, 0) is 4.74 Å². The van der Waals surface area contributed by atoms with E-state index in [0.29, 0.717) is 19.2 Å². The second kappa shape index (κ2) is 9.63. The number of halogens is 2. The van der Waals surface area contributed by atoms with Gasteiger partial charge in [0, 0.05) is 19.7 Å². The molecule has 0 amide bonds. The lowest BCUT2D eigenvalue weighted by atomic mass is 10.1. The molecule has 1 rings (SSSR count). The summed E-state index contributed by atoms with van der Waals surface area (Å²) in [5, 5.41) is 9.47. The quantitative estimate of drug-likeness (QED) is 0.762. The van der Waals surface area contributed by atoms with E-state index >= 15 is 0 Å². The van der Waals surface area contributed by atoms with Crippen LogP contribution in [0.25, 0.3) is 0 Å². The molecule has 0 aliphatic carbocycles. The second-order valence-corrected chi connectivity index (χ2v) is 3.75. The average molecular weight is 261 g/mol. The van der Waals surface area contributed by atoms with Gasteiger partial charge < -0.3 is 20.5 Å². The Balaban J connectivity index is 0. The number of aliphatic hydroxyl groups is 1. The summed E-state index contributed by atoms with van der Waals surface area (Å²) < 4.78 is 4.86. The average Bonchev–Trinajstić information content (AvgIpc) is 2.09. The van der Waals surface area contributed by atoms with E-state index in [4.69, 9.17) is 10.5 Å². The van der Waals surface area contributed by atoms with Crippen LogP contribution in [0, 0.1) is 0 Å². The van der Waals surface area contributed by atoms with Crippen molar-refractivity contribution < 1.29 is 9.84 Å². The van der Waals surface area contributed by atoms with Crippen molar-refractivity contribution in [3.05, 3.63) is 0 Å². The Morgan fingerprint density at radius 2 is 1.93 bits per heavy atom. The van der Waals surface area contributed by atoms with Gasteiger partial charge >= 0.3 is 0 Å². The first-order valence-electron chi connectivity index (χ1n) is 4.87. The number of nitrogens with two attached hydrogens (primary N) is 1. The van der Waals surface area contributed by atoms with Crippen LogP contribution in [0.4, 0.5) is 0 Å². The first-order valence-corrected chi connectivity index (χ1v) is 4.87. The smallest absolute Gasteiger partial charge is 0.0900 e. The third-order valence-electron chi connectivity index (χ3n) is 2.46. The van der Waals surface area contributed by atoms with Crippen molar-refractivity contribution >= 4 is 24.8 Å². The molecule has 6 heteroatoms. The zero-order valence-corrected chi connectivity index (χ0v) is 10.7. The van der Waals surface area contributed by atoms with Crippen molar-refractivity contribution in [3.63, 3.8) is 0 Å². The zero-order chi connectivity index (χ0) is 9.68. The van der Waals surface area contributed by atoms with Crippen LogP contribution >= 0.6 is 24.8 Å². The minimum absolute atomic E-state index is 0. The summed E-state index contributed by atoms with van der Waals surface area (Å²) in [4.78, 5) is 2.24. The van der Waals surface area contributed by atoms with Crippen molar-refractivity contribution in [2.24, 2.45) is 5.73 Å². The molecule has 1 fully saturated rings. The molecule has 0 aromatic heterocycles. The number of piperidine rings is 1. The molecule has 1 saturated heterocycles. The topological polar surface area (TPSA) is 58.7 Å². The molecule has 0 saturated carbocycles. The van der Waals surface area contributed by atoms with Crippen molar-refractivity contribution in [3.8, 4) is 0 Å². The van der Waals surface area contributed by atoms with E-state index in [2.05, 4.69) is 4.90 Å². The summed E-state index contributed by atoms with van der Waals surface area (Å²) >= 11 is 0. The van der Waals surface area contributed by atoms with Crippen LogP contribution in [0.5, 0.6) is 0 Å². The fraction of sp³-hybridized carbons (Fsp3) is 1.00. The van der Waals surface area contributed by atoms with E-state index < -0.39 is 0 Å². The van der Waals surface area contributed by atoms with Gasteiger partial charge in [-0.1, -0.05) is 0 Å². The molecule has 0 unspecified atom stereocenters. The number of aliphatic hydroxyl groups excluding tert-OH is 1. The molecular formula is C9H22Cl2N2O2. The predicted molar refractivity (Wildman–Crippen MR) is 66.0 cm³/mol. The van der Waals surface area contributed by atoms with Gasteiger partial charge in [-0.05, 0) is 25.9 Å². The Morgan fingerprint density at radius 1 is 1.40 bits per heavy atom. The molecule has 0 aromatic rings. The zero-order valence-electron chi connectivity index (χ0n) is 9.09. The van der Waals surface area contributed by atoms with E-state index in [-0.39, 0.29) is 30.9 Å². The number of hydrogen-bond donors (Lipinski definition) is 2. The normalized spacial score (nSPS) is 20.2. The number of rotatable bonds is 4. The van der Waals surface area contributed by atoms with Crippen LogP contribution in [0.15, 0.2) is 0 Å². The summed E-state index contributed by atoms with van der Waals surface area (Å²) in [6.07, 6.45) is 1.72. The summed E-state index contributed by atoms with van der Waals surface area (Å²) in [7, 11) is 1.61. The van der Waals surface area contributed by atoms with E-state index in [0.717, 1.165) is 25.9 Å². The first kappa shape index (κ1) is 17.8. The Labute approximate surface area is 104 Å². The molecule has 0 aromatic carbocycles. The van der Waals surface area contributed by atoms with Gasteiger partial charge in [0.2, 0.25) is 0 Å². The number of likely N-dealkylation sites (tertiary alicyclic amines) is 1. The Morgan fingerprint density at radius 3 is 2.40 bits per heavy atom. The van der Waals surface area contributed by atoms with Crippen LogP contribution in [0.3, 0.4) is 0 Å². The molecule has 94 valence electrons. The maximum absolute atomic E-state index is 9.47. The number of β-amino-alcohol motifs (C(OH)–C–C–N with tert-alkyl or cyclic N) is 1. The van der Waals surface area contributed by atoms with E-state index in [1.165, 1.54) is 0 Å². The monoisotopic (exact) mass is 260 g/mol. The molecule has 0 radical (unpaired) electrons. The van der Waals surface area contributed by atoms with E-state index in [1.54, 1.807) is 7.11 Å². The summed E-state index contributed by atoms with van der Waals surface area (Å²) in [5.74, 6) is 0. The maximum atomic E-state index is 9.47. The lowest BCUT2D eigenvalue weighted by Crippen LogP contribution is -2.43. The molecule has 1 atom stereocenters. The van der Waals surface area contributed by atoms with Crippen LogP contribution in [0.1, 0.15) is 12.8 Å². The fourth-order valence-corrected chi connectivity index (χ4v) is 1.68. The van der Waals surface area contributed by atoms with Crippen LogP contribution < -0.4 is 5.73 Å². The minimum atomic E-state index is -0.362. The molecule has 15 heavy (non-hydrogen) atoms. The van der Waals surface area contributed by atoms with Crippen molar-refractivity contribution in [1.29, 1.82) is 0 Å². The maximum Gasteiger partial charge on any atom is 0.0900 e. The summed E-state index contributed by atoms with van der Waals surface area (Å²) in [6, 6.07) is 0.357. The highest BCUT2D eigenvalue weighted by Crippen LogP contribution is 2.08. The van der Waals surface area contributed by atoms with Crippen LogP contribution in [0.2, 0.25) is 0 Å². The molecule has 1 aliphatic heterocycles. The highest BCUT2D eigenvalue weighted by molar-refractivity contribution is 5.85. The molecule has 0 spiro atoms. The van der Waals surface area contributed by atoms with Crippen molar-refractivity contribution in [2.45, 2.75) is 25.0 Å². The molecule has 4 nitrogen and oxygen atoms in total. The van der Waals surface area contributed by atoms with Crippen molar-refractivity contribution in [1.82, 2.24) is 4.90 Å². The summed E-state index contributed by atoms with van der Waals surface area (Å²) in [6.45, 7) is 3.13. The molecule has 3 N–H and O–H groups in total. The predicted octanol–water partition coefficient (Wildman–Crippen LogP) is 0.260. The summed E-state index contributed by atoms with van der Waals surface area (Å²) in [5.41, 5.74) is 5.77. The second-order valence-electron chi connectivity index (χ2n) is 3.75. The lowest BCUT2D eigenvalue weighted by Gasteiger charge is -2.31. The van der Waals surface area contributed by atoms with E-state index in [1.807, 2.05) is 0 Å². The third-order valence-corrected chi connectivity index (χ3v) is 2.46. The van der Waals surface area contributed by atoms with Gasteiger partial charge in [0.15, 0.2) is 0 Å². The van der Waals surface area contributed by atoms with Gasteiger partial charge in [-0.3, -0.25) is 0 Å². The Hall–Kier alpha value is 0.420. The number of methoxy groups -OCH3 is 1. The highest BCUT2D eigenvalue weighted by atomic mass is 35.5. The molecule has 0 bridgehead atoms. The lowest BCUT2D eigenvalue weighted by molar-refractivity contribution is 0.0322. The molecule has 1 heterocycles. The number of nitrogens with zero attached hydrogens (tertiary/aromatic N) is 1. The van der Waals surface area contributed by atoms with Gasteiger partial charge in [0.1, 0.15) is 0 Å². The van der Waals surface area contributed by atoms with Gasteiger partial charge in [0.05, 0.1) is 12.7 Å². The largest absolute Gasteiger partial charge is 0.389 e. The van der Waals surface area contributed by atoms with Crippen LogP contribution in [-0.4, -0.2) is 55.5 Å². The number of hydrogen-bond acceptors (Lipinski definition) is 4. The van der Waals surface area contributed by atoms with Gasteiger partial charge in [0.25, 0.3) is 0 Å². The first-order chi connectivity index (χ1) is 6.22. The molecular weight excluding hydrogens is 239 g/mol. The molecule has 1 aliphatic rings.